The van der Waals surface area contributed by atoms with Gasteiger partial charge in [-0.3, -0.25) is 0 Å². The molecule has 0 saturated heterocycles. The highest BCUT2D eigenvalue weighted by molar-refractivity contribution is 5.56. The monoisotopic (exact) mass is 278 g/mol. The molecule has 3 N–H and O–H groups in total. The Labute approximate surface area is 123 Å². The van der Waals surface area contributed by atoms with E-state index in [-0.39, 0.29) is 16.9 Å². The summed E-state index contributed by atoms with van der Waals surface area (Å²) in [5.41, 5.74) is 7.15. The summed E-state index contributed by atoms with van der Waals surface area (Å²) >= 11 is 0. The Morgan fingerprint density at radius 3 is 2.10 bits per heavy atom. The molecule has 1 aromatic rings. The van der Waals surface area contributed by atoms with Gasteiger partial charge in [0.15, 0.2) is 0 Å². The van der Waals surface area contributed by atoms with Crippen molar-refractivity contribution in [2.24, 2.45) is 5.41 Å². The van der Waals surface area contributed by atoms with Gasteiger partial charge in [-0.25, -0.2) is 9.97 Å². The van der Waals surface area contributed by atoms with Crippen molar-refractivity contribution in [1.29, 1.82) is 0 Å². The Kier molecular flexibility index (Phi) is 4.67. The molecule has 0 spiro atoms. The van der Waals surface area contributed by atoms with E-state index < -0.39 is 0 Å². The lowest BCUT2D eigenvalue weighted by molar-refractivity contribution is 0.302. The third-order valence-corrected chi connectivity index (χ3v) is 3.15. The largest absolute Gasteiger partial charge is 0.383 e. The average molecular weight is 278 g/mol. The highest BCUT2D eigenvalue weighted by Crippen LogP contribution is 2.31. The van der Waals surface area contributed by atoms with E-state index in [9.17, 15) is 0 Å². The molecule has 0 radical (unpaired) electrons. The van der Waals surface area contributed by atoms with Crippen LogP contribution in [-0.4, -0.2) is 15.5 Å². The van der Waals surface area contributed by atoms with Gasteiger partial charge in [0.05, 0.1) is 0 Å². The molecule has 1 heterocycles. The summed E-state index contributed by atoms with van der Waals surface area (Å²) < 4.78 is 0. The van der Waals surface area contributed by atoms with Crippen molar-refractivity contribution in [3.63, 3.8) is 0 Å². The molecular weight excluding hydrogens is 248 g/mol. The fourth-order valence-electron chi connectivity index (χ4n) is 2.62. The number of anilines is 2. The minimum absolute atomic E-state index is 0.0436. The summed E-state index contributed by atoms with van der Waals surface area (Å²) in [6, 6.07) is 0. The summed E-state index contributed by atoms with van der Waals surface area (Å²) in [6.07, 6.45) is 1.04. The molecule has 0 fully saturated rings. The number of nitrogens with two attached hydrogens (primary N) is 1. The standard InChI is InChI=1S/C16H30N4/c1-10(2)13-18-12(17)11(3)14(19-13)20-16(7,8)9-15(4,5)6/h10H,9H2,1-8H3,(H3,17,18,19,20). The maximum absolute atomic E-state index is 6.01. The van der Waals surface area contributed by atoms with Crippen LogP contribution in [0.1, 0.15) is 72.2 Å². The van der Waals surface area contributed by atoms with Gasteiger partial charge >= 0.3 is 0 Å². The van der Waals surface area contributed by atoms with E-state index in [4.69, 9.17) is 5.73 Å². The first-order valence-corrected chi connectivity index (χ1v) is 7.33. The first-order chi connectivity index (χ1) is 8.91. The Morgan fingerprint density at radius 1 is 1.10 bits per heavy atom. The fraction of sp³-hybridized carbons (Fsp3) is 0.750. The lowest BCUT2D eigenvalue weighted by Gasteiger charge is -2.34. The van der Waals surface area contributed by atoms with E-state index in [2.05, 4.69) is 63.8 Å². The van der Waals surface area contributed by atoms with Gasteiger partial charge in [-0.05, 0) is 32.6 Å². The van der Waals surface area contributed by atoms with Crippen LogP contribution in [0.15, 0.2) is 0 Å². The molecule has 0 saturated carbocycles. The minimum Gasteiger partial charge on any atom is -0.383 e. The van der Waals surface area contributed by atoms with E-state index in [1.807, 2.05) is 6.92 Å². The van der Waals surface area contributed by atoms with Gasteiger partial charge in [0, 0.05) is 17.0 Å². The second kappa shape index (κ2) is 5.58. The number of nitrogens with one attached hydrogen (secondary N) is 1. The molecule has 0 atom stereocenters. The Bertz CT molecular complexity index is 470. The van der Waals surface area contributed by atoms with Gasteiger partial charge in [0.1, 0.15) is 17.5 Å². The Hall–Kier alpha value is -1.32. The summed E-state index contributed by atoms with van der Waals surface area (Å²) in [5, 5.41) is 3.55. The molecule has 114 valence electrons. The van der Waals surface area contributed by atoms with Crippen LogP contribution in [0.5, 0.6) is 0 Å². The zero-order valence-electron chi connectivity index (χ0n) is 14.3. The molecule has 1 rings (SSSR count). The average Bonchev–Trinajstić information content (AvgIpc) is 2.20. The van der Waals surface area contributed by atoms with Crippen molar-refractivity contribution in [3.8, 4) is 0 Å². The molecule has 0 unspecified atom stereocenters. The first kappa shape index (κ1) is 16.7. The van der Waals surface area contributed by atoms with Crippen molar-refractivity contribution in [2.75, 3.05) is 11.1 Å². The molecule has 0 aliphatic rings. The number of hydrogen-bond acceptors (Lipinski definition) is 4. The molecule has 0 bridgehead atoms. The summed E-state index contributed by atoms with van der Waals surface area (Å²) in [6.45, 7) is 17.3. The second-order valence-electron chi connectivity index (χ2n) is 7.84. The summed E-state index contributed by atoms with van der Waals surface area (Å²) in [5.74, 6) is 2.49. The molecule has 0 amide bonds. The molecular formula is C16H30N4. The van der Waals surface area contributed by atoms with Gasteiger partial charge in [-0.1, -0.05) is 34.6 Å². The van der Waals surface area contributed by atoms with Gasteiger partial charge < -0.3 is 11.1 Å². The molecule has 1 aromatic heterocycles. The van der Waals surface area contributed by atoms with E-state index in [1.54, 1.807) is 0 Å². The Morgan fingerprint density at radius 2 is 1.65 bits per heavy atom. The van der Waals surface area contributed by atoms with Gasteiger partial charge in [-0.15, -0.1) is 0 Å². The van der Waals surface area contributed by atoms with Gasteiger partial charge in [-0.2, -0.15) is 0 Å². The van der Waals surface area contributed by atoms with Crippen molar-refractivity contribution in [2.45, 2.75) is 73.3 Å². The van der Waals surface area contributed by atoms with Crippen LogP contribution in [0.25, 0.3) is 0 Å². The van der Waals surface area contributed by atoms with Gasteiger partial charge in [0.25, 0.3) is 0 Å². The maximum Gasteiger partial charge on any atom is 0.135 e. The number of rotatable bonds is 4. The zero-order chi connectivity index (χ0) is 15.7. The van der Waals surface area contributed by atoms with E-state index >= 15 is 0 Å². The molecule has 0 aliphatic heterocycles. The first-order valence-electron chi connectivity index (χ1n) is 7.33. The van der Waals surface area contributed by atoms with Crippen molar-refractivity contribution < 1.29 is 0 Å². The fourth-order valence-corrected chi connectivity index (χ4v) is 2.62. The van der Waals surface area contributed by atoms with Crippen LogP contribution in [0.2, 0.25) is 0 Å². The normalized spacial score (nSPS) is 12.8. The smallest absolute Gasteiger partial charge is 0.135 e. The van der Waals surface area contributed by atoms with Crippen molar-refractivity contribution in [1.82, 2.24) is 9.97 Å². The molecule has 4 nitrogen and oxygen atoms in total. The quantitative estimate of drug-likeness (QED) is 0.869. The predicted octanol–water partition coefficient (Wildman–Crippen LogP) is 4.12. The minimum atomic E-state index is -0.0436. The number of hydrogen-bond donors (Lipinski definition) is 2. The molecule has 0 aliphatic carbocycles. The van der Waals surface area contributed by atoms with E-state index in [0.29, 0.717) is 5.82 Å². The molecule has 20 heavy (non-hydrogen) atoms. The third-order valence-electron chi connectivity index (χ3n) is 3.15. The van der Waals surface area contributed by atoms with Crippen molar-refractivity contribution in [3.05, 3.63) is 11.4 Å². The lowest BCUT2D eigenvalue weighted by Crippen LogP contribution is -2.36. The van der Waals surface area contributed by atoms with Crippen LogP contribution < -0.4 is 11.1 Å². The number of aromatic nitrogens is 2. The topological polar surface area (TPSA) is 63.8 Å². The Balaban J connectivity index is 3.08. The van der Waals surface area contributed by atoms with E-state index in [1.165, 1.54) is 0 Å². The predicted molar refractivity (Wildman–Crippen MR) is 87.0 cm³/mol. The maximum atomic E-state index is 6.01. The number of nitrogens with zero attached hydrogens (tertiary/aromatic N) is 2. The van der Waals surface area contributed by atoms with E-state index in [0.717, 1.165) is 23.6 Å². The van der Waals surface area contributed by atoms with Crippen LogP contribution >= 0.6 is 0 Å². The van der Waals surface area contributed by atoms with Crippen LogP contribution in [0, 0.1) is 12.3 Å². The SMILES string of the molecule is Cc1c(N)nc(C(C)C)nc1NC(C)(C)CC(C)(C)C. The van der Waals surface area contributed by atoms with Crippen molar-refractivity contribution >= 4 is 11.6 Å². The van der Waals surface area contributed by atoms with Crippen LogP contribution in [-0.2, 0) is 0 Å². The third kappa shape index (κ3) is 4.66. The second-order valence-corrected chi connectivity index (χ2v) is 7.84. The molecule has 0 aromatic carbocycles. The van der Waals surface area contributed by atoms with Crippen LogP contribution in [0.4, 0.5) is 11.6 Å². The summed E-state index contributed by atoms with van der Waals surface area (Å²) in [4.78, 5) is 9.01. The number of nitrogen functional groups attached to an aromatic ring is 1. The van der Waals surface area contributed by atoms with Gasteiger partial charge in [0.2, 0.25) is 0 Å². The highest BCUT2D eigenvalue weighted by atomic mass is 15.1. The highest BCUT2D eigenvalue weighted by Gasteiger charge is 2.26. The lowest BCUT2D eigenvalue weighted by atomic mass is 9.82. The zero-order valence-corrected chi connectivity index (χ0v) is 14.3. The van der Waals surface area contributed by atoms with Crippen LogP contribution in [0.3, 0.4) is 0 Å². The summed E-state index contributed by atoms with van der Waals surface area (Å²) in [7, 11) is 0. The molecule has 4 heteroatoms.